The molecule has 2 heterocycles. The summed E-state index contributed by atoms with van der Waals surface area (Å²) in [7, 11) is 0. The van der Waals surface area contributed by atoms with Crippen molar-refractivity contribution < 1.29 is 4.79 Å². The highest BCUT2D eigenvalue weighted by atomic mass is 32.2. The maximum atomic E-state index is 12.4. The van der Waals surface area contributed by atoms with E-state index in [9.17, 15) is 4.79 Å². The number of rotatable bonds is 5. The van der Waals surface area contributed by atoms with Gasteiger partial charge < -0.3 is 5.32 Å². The van der Waals surface area contributed by atoms with Crippen molar-refractivity contribution in [3.63, 3.8) is 0 Å². The number of hydrogen-bond acceptors (Lipinski definition) is 6. The van der Waals surface area contributed by atoms with Gasteiger partial charge in [0.05, 0.1) is 16.6 Å². The molecule has 3 rings (SSSR count). The second-order valence-electron chi connectivity index (χ2n) is 5.52. The first-order chi connectivity index (χ1) is 12.0. The van der Waals surface area contributed by atoms with Crippen LogP contribution in [0.5, 0.6) is 0 Å². The lowest BCUT2D eigenvalue weighted by atomic mass is 10.1. The molecule has 3 aromatic rings. The Morgan fingerprint density at radius 3 is 2.64 bits per heavy atom. The van der Waals surface area contributed by atoms with E-state index in [1.165, 1.54) is 29.4 Å². The molecule has 0 saturated heterocycles. The number of aromatic nitrogens is 3. The molecule has 1 aromatic carbocycles. The first-order valence-electron chi connectivity index (χ1n) is 7.82. The molecule has 0 bridgehead atoms. The minimum Gasteiger partial charge on any atom is -0.301 e. The summed E-state index contributed by atoms with van der Waals surface area (Å²) in [5.74, 6) is -0.0846. The van der Waals surface area contributed by atoms with Gasteiger partial charge in [-0.05, 0) is 26.8 Å². The number of anilines is 1. The molecule has 0 aliphatic rings. The highest BCUT2D eigenvalue weighted by Gasteiger charge is 2.17. The first kappa shape index (κ1) is 17.6. The van der Waals surface area contributed by atoms with Crippen molar-refractivity contribution in [1.82, 2.24) is 15.0 Å². The van der Waals surface area contributed by atoms with E-state index in [4.69, 9.17) is 0 Å². The Bertz CT molecular complexity index is 860. The molecule has 5 nitrogen and oxygen atoms in total. The summed E-state index contributed by atoms with van der Waals surface area (Å²) in [4.78, 5) is 26.4. The van der Waals surface area contributed by atoms with Crippen LogP contribution >= 0.6 is 23.1 Å². The number of nitrogens with one attached hydrogen (secondary N) is 1. The molecule has 0 radical (unpaired) electrons. The zero-order valence-corrected chi connectivity index (χ0v) is 15.8. The van der Waals surface area contributed by atoms with E-state index < -0.39 is 0 Å². The standard InChI is InChI=1S/C18H18N4OS2/c1-11-12(2)25-18(21-11)22-17(23)13(3)24-16-9-15(19-10-20-16)14-7-5-4-6-8-14/h4-10,13H,1-3H3,(H,21,22,23)/t13-/m0/s1. The largest absolute Gasteiger partial charge is 0.301 e. The number of aryl methyl sites for hydroxylation is 2. The average Bonchev–Trinajstić information content (AvgIpc) is 2.93. The molecule has 1 atom stereocenters. The third-order valence-electron chi connectivity index (χ3n) is 3.64. The quantitative estimate of drug-likeness (QED) is 0.535. The number of thioether (sulfide) groups is 1. The molecule has 0 aliphatic carbocycles. The van der Waals surface area contributed by atoms with Crippen molar-refractivity contribution in [2.45, 2.75) is 31.0 Å². The van der Waals surface area contributed by atoms with Crippen LogP contribution < -0.4 is 5.32 Å². The molecule has 0 fully saturated rings. The summed E-state index contributed by atoms with van der Waals surface area (Å²) in [5.41, 5.74) is 2.82. The van der Waals surface area contributed by atoms with Gasteiger partial charge in [-0.1, -0.05) is 42.1 Å². The van der Waals surface area contributed by atoms with Crippen molar-refractivity contribution in [3.8, 4) is 11.3 Å². The molecule has 2 aromatic heterocycles. The van der Waals surface area contributed by atoms with E-state index in [1.807, 2.05) is 57.2 Å². The van der Waals surface area contributed by atoms with Crippen molar-refractivity contribution in [1.29, 1.82) is 0 Å². The number of hydrogen-bond donors (Lipinski definition) is 1. The van der Waals surface area contributed by atoms with Gasteiger partial charge in [0.15, 0.2) is 5.13 Å². The Labute approximate surface area is 155 Å². The number of nitrogens with zero attached hydrogens (tertiary/aromatic N) is 3. The average molecular weight is 371 g/mol. The normalized spacial score (nSPS) is 12.0. The smallest absolute Gasteiger partial charge is 0.239 e. The van der Waals surface area contributed by atoms with Gasteiger partial charge in [-0.25, -0.2) is 15.0 Å². The summed E-state index contributed by atoms with van der Waals surface area (Å²) < 4.78 is 0. The Balaban J connectivity index is 1.68. The van der Waals surface area contributed by atoms with Crippen molar-refractivity contribution in [3.05, 3.63) is 53.3 Å². The lowest BCUT2D eigenvalue weighted by Gasteiger charge is -2.10. The second-order valence-corrected chi connectivity index (χ2v) is 8.08. The van der Waals surface area contributed by atoms with Crippen LogP contribution in [0, 0.1) is 13.8 Å². The number of benzene rings is 1. The van der Waals surface area contributed by atoms with Crippen LogP contribution in [0.4, 0.5) is 5.13 Å². The number of carbonyl (C=O) groups is 1. The van der Waals surface area contributed by atoms with Crippen molar-refractivity contribution in [2.75, 3.05) is 5.32 Å². The van der Waals surface area contributed by atoms with Gasteiger partial charge in [-0.3, -0.25) is 4.79 Å². The van der Waals surface area contributed by atoms with E-state index >= 15 is 0 Å². The Morgan fingerprint density at radius 2 is 1.96 bits per heavy atom. The van der Waals surface area contributed by atoms with Crippen LogP contribution in [0.15, 0.2) is 47.8 Å². The highest BCUT2D eigenvalue weighted by molar-refractivity contribution is 8.00. The SMILES string of the molecule is Cc1nc(NC(=O)[C@H](C)Sc2cc(-c3ccccc3)ncn2)sc1C. The van der Waals surface area contributed by atoms with E-state index in [2.05, 4.69) is 20.3 Å². The predicted octanol–water partition coefficient (Wildman–Crippen LogP) is 4.34. The van der Waals surface area contributed by atoms with Gasteiger partial charge in [-0.2, -0.15) is 0 Å². The fourth-order valence-electron chi connectivity index (χ4n) is 2.14. The molecule has 1 amide bonds. The minimum atomic E-state index is -0.289. The van der Waals surface area contributed by atoms with Gasteiger partial charge in [-0.15, -0.1) is 11.3 Å². The molecule has 0 spiro atoms. The van der Waals surface area contributed by atoms with E-state index in [1.54, 1.807) is 0 Å². The second kappa shape index (κ2) is 7.76. The van der Waals surface area contributed by atoms with Crippen LogP contribution in [0.1, 0.15) is 17.5 Å². The first-order valence-corrected chi connectivity index (χ1v) is 9.51. The Kier molecular flexibility index (Phi) is 5.45. The zero-order chi connectivity index (χ0) is 17.8. The van der Waals surface area contributed by atoms with Gasteiger partial charge >= 0.3 is 0 Å². The van der Waals surface area contributed by atoms with Gasteiger partial charge in [0, 0.05) is 10.4 Å². The molecular formula is C18H18N4OS2. The summed E-state index contributed by atoms with van der Waals surface area (Å²) in [6, 6.07) is 11.8. The van der Waals surface area contributed by atoms with E-state index in [0.717, 1.165) is 26.9 Å². The third kappa shape index (κ3) is 4.43. The molecule has 25 heavy (non-hydrogen) atoms. The molecule has 0 aliphatic heterocycles. The number of carbonyl (C=O) groups excluding carboxylic acids is 1. The Morgan fingerprint density at radius 1 is 1.20 bits per heavy atom. The molecule has 128 valence electrons. The zero-order valence-electron chi connectivity index (χ0n) is 14.2. The van der Waals surface area contributed by atoms with Crippen LogP contribution in [-0.2, 0) is 4.79 Å². The van der Waals surface area contributed by atoms with Crippen LogP contribution in [-0.4, -0.2) is 26.1 Å². The minimum absolute atomic E-state index is 0.0846. The molecule has 1 N–H and O–H groups in total. The van der Waals surface area contributed by atoms with Crippen molar-refractivity contribution in [2.24, 2.45) is 0 Å². The van der Waals surface area contributed by atoms with Gasteiger partial charge in [0.25, 0.3) is 0 Å². The summed E-state index contributed by atoms with van der Waals surface area (Å²) in [6.07, 6.45) is 1.53. The Hall–Kier alpha value is -2.25. The van der Waals surface area contributed by atoms with Crippen LogP contribution in [0.3, 0.4) is 0 Å². The summed E-state index contributed by atoms with van der Waals surface area (Å²) in [5, 5.41) is 3.99. The lowest BCUT2D eigenvalue weighted by Crippen LogP contribution is -2.22. The summed E-state index contributed by atoms with van der Waals surface area (Å²) >= 11 is 2.89. The van der Waals surface area contributed by atoms with Crippen LogP contribution in [0.25, 0.3) is 11.3 Å². The maximum Gasteiger partial charge on any atom is 0.239 e. The van der Waals surface area contributed by atoms with E-state index in [0.29, 0.717) is 5.13 Å². The predicted molar refractivity (Wildman–Crippen MR) is 103 cm³/mol. The maximum absolute atomic E-state index is 12.4. The summed E-state index contributed by atoms with van der Waals surface area (Å²) in [6.45, 7) is 5.79. The number of amides is 1. The van der Waals surface area contributed by atoms with Crippen molar-refractivity contribution >= 4 is 34.1 Å². The van der Waals surface area contributed by atoms with Gasteiger partial charge in [0.2, 0.25) is 5.91 Å². The van der Waals surface area contributed by atoms with Crippen LogP contribution in [0.2, 0.25) is 0 Å². The van der Waals surface area contributed by atoms with Gasteiger partial charge in [0.1, 0.15) is 11.4 Å². The number of thiazole rings is 1. The topological polar surface area (TPSA) is 67.8 Å². The molecule has 0 saturated carbocycles. The molecule has 7 heteroatoms. The lowest BCUT2D eigenvalue weighted by molar-refractivity contribution is -0.115. The monoisotopic (exact) mass is 370 g/mol. The highest BCUT2D eigenvalue weighted by Crippen LogP contribution is 2.27. The molecule has 0 unspecified atom stereocenters. The fourth-order valence-corrected chi connectivity index (χ4v) is 3.77. The van der Waals surface area contributed by atoms with E-state index in [-0.39, 0.29) is 11.2 Å². The molecular weight excluding hydrogens is 352 g/mol. The third-order valence-corrected chi connectivity index (χ3v) is 5.66. The fraction of sp³-hybridized carbons (Fsp3) is 0.222.